The number of aromatic nitrogens is 3. The van der Waals surface area contributed by atoms with Crippen LogP contribution < -0.4 is 0 Å². The van der Waals surface area contributed by atoms with Crippen molar-refractivity contribution in [2.75, 3.05) is 0 Å². The predicted octanol–water partition coefficient (Wildman–Crippen LogP) is 4.78. The summed E-state index contributed by atoms with van der Waals surface area (Å²) in [5.74, 6) is -1.74. The molecule has 1 aliphatic rings. The normalized spacial score (nSPS) is 13.7. The van der Waals surface area contributed by atoms with Crippen molar-refractivity contribution in [3.05, 3.63) is 82.8 Å². The molecule has 2 aromatic carbocycles. The number of rotatable bonds is 5. The molecule has 6 nitrogen and oxygen atoms in total. The van der Waals surface area contributed by atoms with Gasteiger partial charge in [-0.05, 0) is 56.2 Å². The number of fused-ring (bicyclic) bond motifs is 2. The Labute approximate surface area is 195 Å². The van der Waals surface area contributed by atoms with Gasteiger partial charge in [0.2, 0.25) is 0 Å². The van der Waals surface area contributed by atoms with Crippen molar-refractivity contribution in [1.82, 2.24) is 19.7 Å². The predicted molar refractivity (Wildman–Crippen MR) is 124 cm³/mol. The highest BCUT2D eigenvalue weighted by Gasteiger charge is 2.30. The lowest BCUT2D eigenvalue weighted by Crippen LogP contribution is -2.24. The largest absolute Gasteiger partial charge is 0.386 e. The van der Waals surface area contributed by atoms with E-state index < -0.39 is 17.2 Å². The summed E-state index contributed by atoms with van der Waals surface area (Å²) in [6.45, 7) is 5.93. The van der Waals surface area contributed by atoms with E-state index in [0.29, 0.717) is 45.4 Å². The number of amides is 1. The first-order valence-corrected chi connectivity index (χ1v) is 11.1. The molecule has 1 N–H and O–H groups in total. The number of hydrogen-bond acceptors (Lipinski definition) is 4. The van der Waals surface area contributed by atoms with Crippen molar-refractivity contribution in [1.29, 1.82) is 0 Å². The second-order valence-electron chi connectivity index (χ2n) is 9.04. The Morgan fingerprint density at radius 2 is 1.85 bits per heavy atom. The van der Waals surface area contributed by atoms with Gasteiger partial charge in [0.25, 0.3) is 5.91 Å². The number of carbonyl (C=O) groups excluding carboxylic acids is 1. The van der Waals surface area contributed by atoms with Crippen molar-refractivity contribution < 1.29 is 18.7 Å². The van der Waals surface area contributed by atoms with Gasteiger partial charge in [0.15, 0.2) is 0 Å². The van der Waals surface area contributed by atoms with Gasteiger partial charge in [-0.15, -0.1) is 0 Å². The van der Waals surface area contributed by atoms with E-state index in [9.17, 15) is 9.90 Å². The second-order valence-corrected chi connectivity index (χ2v) is 9.04. The molecule has 0 fully saturated rings. The van der Waals surface area contributed by atoms with Gasteiger partial charge in [-0.25, -0.2) is 8.78 Å². The monoisotopic (exact) mass is 462 g/mol. The van der Waals surface area contributed by atoms with Gasteiger partial charge < -0.3 is 10.0 Å². The maximum absolute atomic E-state index is 15.2. The van der Waals surface area contributed by atoms with Crippen LogP contribution in [0.4, 0.5) is 8.78 Å². The van der Waals surface area contributed by atoms with E-state index >= 15 is 8.78 Å². The highest BCUT2D eigenvalue weighted by molar-refractivity contribution is 5.98. The van der Waals surface area contributed by atoms with Gasteiger partial charge in [0.05, 0.1) is 35.5 Å². The number of benzene rings is 2. The van der Waals surface area contributed by atoms with E-state index in [4.69, 9.17) is 0 Å². The Bertz CT molecular complexity index is 1420. The molecule has 174 valence electrons. The SMILES string of the molecule is CCn1cc2c(-c3cc(F)c(CN4Cc5ncccc5C4=O)c(F)c3)ccc(C(C)(C)O)c2n1. The Hall–Kier alpha value is -3.65. The molecule has 0 saturated heterocycles. The van der Waals surface area contributed by atoms with Crippen molar-refractivity contribution >= 4 is 16.8 Å². The third-order valence-electron chi connectivity index (χ3n) is 6.26. The van der Waals surface area contributed by atoms with Gasteiger partial charge in [-0.2, -0.15) is 5.10 Å². The average molecular weight is 463 g/mol. The Morgan fingerprint density at radius 3 is 2.50 bits per heavy atom. The molecule has 0 atom stereocenters. The molecule has 5 rings (SSSR count). The molecule has 2 aromatic heterocycles. The summed E-state index contributed by atoms with van der Waals surface area (Å²) in [5.41, 5.74) is 1.97. The van der Waals surface area contributed by atoms with Gasteiger partial charge in [0, 0.05) is 35.5 Å². The molecule has 0 spiro atoms. The van der Waals surface area contributed by atoms with E-state index in [1.54, 1.807) is 49.0 Å². The average Bonchev–Trinajstić information content (AvgIpc) is 3.36. The van der Waals surface area contributed by atoms with Crippen LogP contribution in [0.15, 0.2) is 48.8 Å². The van der Waals surface area contributed by atoms with E-state index in [1.807, 2.05) is 13.1 Å². The van der Waals surface area contributed by atoms with Gasteiger partial charge in [0.1, 0.15) is 11.6 Å². The number of aliphatic hydroxyl groups is 1. The Kier molecular flexibility index (Phi) is 5.20. The third kappa shape index (κ3) is 3.64. The fourth-order valence-corrected chi connectivity index (χ4v) is 4.47. The summed E-state index contributed by atoms with van der Waals surface area (Å²) < 4.78 is 32.1. The van der Waals surface area contributed by atoms with E-state index in [0.717, 1.165) is 0 Å². The second kappa shape index (κ2) is 7.99. The summed E-state index contributed by atoms with van der Waals surface area (Å²) in [7, 11) is 0. The molecular formula is C26H24F2N4O2. The zero-order valence-corrected chi connectivity index (χ0v) is 19.1. The molecule has 0 bridgehead atoms. The molecule has 0 unspecified atom stereocenters. The molecule has 4 aromatic rings. The first-order chi connectivity index (χ1) is 16.2. The molecule has 3 heterocycles. The van der Waals surface area contributed by atoms with Gasteiger partial charge in [-0.3, -0.25) is 14.5 Å². The van der Waals surface area contributed by atoms with Crippen LogP contribution in [0.1, 0.15) is 48.0 Å². The van der Waals surface area contributed by atoms with Crippen LogP contribution in [-0.2, 0) is 25.2 Å². The number of hydrogen-bond donors (Lipinski definition) is 1. The minimum absolute atomic E-state index is 0.168. The van der Waals surface area contributed by atoms with E-state index in [1.165, 1.54) is 17.0 Å². The summed E-state index contributed by atoms with van der Waals surface area (Å²) in [4.78, 5) is 18.2. The smallest absolute Gasteiger partial charge is 0.256 e. The highest BCUT2D eigenvalue weighted by atomic mass is 19.1. The lowest BCUT2D eigenvalue weighted by Gasteiger charge is -2.19. The van der Waals surface area contributed by atoms with Crippen LogP contribution in [0, 0.1) is 11.6 Å². The van der Waals surface area contributed by atoms with Crippen LogP contribution in [0.3, 0.4) is 0 Å². The molecular weight excluding hydrogens is 438 g/mol. The summed E-state index contributed by atoms with van der Waals surface area (Å²) in [6, 6.07) is 9.39. The molecule has 0 radical (unpaired) electrons. The third-order valence-corrected chi connectivity index (χ3v) is 6.26. The van der Waals surface area contributed by atoms with Crippen LogP contribution in [0.2, 0.25) is 0 Å². The van der Waals surface area contributed by atoms with Crippen molar-refractivity contribution in [3.63, 3.8) is 0 Å². The minimum Gasteiger partial charge on any atom is -0.386 e. The Balaban J connectivity index is 1.54. The Morgan fingerprint density at radius 1 is 1.12 bits per heavy atom. The van der Waals surface area contributed by atoms with Crippen molar-refractivity contribution in [2.45, 2.75) is 46.0 Å². The number of pyridine rings is 1. The number of carbonyl (C=O) groups is 1. The highest BCUT2D eigenvalue weighted by Crippen LogP contribution is 2.36. The number of halogens is 2. The maximum atomic E-state index is 15.2. The summed E-state index contributed by atoms with van der Waals surface area (Å²) >= 11 is 0. The summed E-state index contributed by atoms with van der Waals surface area (Å²) in [6.07, 6.45) is 3.41. The fourth-order valence-electron chi connectivity index (χ4n) is 4.47. The van der Waals surface area contributed by atoms with Gasteiger partial charge in [-0.1, -0.05) is 12.1 Å². The standard InChI is InChI=1S/C26H24F2N4O2/c1-4-32-13-18-16(7-8-20(24(18)30-32)26(2,3)34)15-10-21(27)19(22(28)11-15)12-31-14-23-17(25(31)33)6-5-9-29-23/h5-11,13,34H,4,12,14H2,1-3H3. The van der Waals surface area contributed by atoms with Gasteiger partial charge >= 0.3 is 0 Å². The molecule has 34 heavy (non-hydrogen) atoms. The molecule has 0 saturated carbocycles. The molecule has 1 amide bonds. The first kappa shape index (κ1) is 22.2. The lowest BCUT2D eigenvalue weighted by atomic mass is 9.91. The number of aryl methyl sites for hydroxylation is 1. The van der Waals surface area contributed by atoms with Crippen LogP contribution >= 0.6 is 0 Å². The van der Waals surface area contributed by atoms with Crippen LogP contribution in [-0.4, -0.2) is 30.7 Å². The topological polar surface area (TPSA) is 71.2 Å². The zero-order chi connectivity index (χ0) is 24.2. The van der Waals surface area contributed by atoms with Crippen molar-refractivity contribution in [3.8, 4) is 11.1 Å². The molecule has 8 heteroatoms. The maximum Gasteiger partial charge on any atom is 0.256 e. The molecule has 0 aliphatic carbocycles. The quantitative estimate of drug-likeness (QED) is 0.463. The zero-order valence-electron chi connectivity index (χ0n) is 19.1. The number of nitrogens with zero attached hydrogens (tertiary/aromatic N) is 4. The van der Waals surface area contributed by atoms with E-state index in [-0.39, 0.29) is 24.6 Å². The lowest BCUT2D eigenvalue weighted by molar-refractivity contribution is 0.0762. The van der Waals surface area contributed by atoms with Crippen LogP contribution in [0.25, 0.3) is 22.0 Å². The fraction of sp³-hybridized carbons (Fsp3) is 0.269. The van der Waals surface area contributed by atoms with Crippen molar-refractivity contribution in [2.24, 2.45) is 0 Å². The van der Waals surface area contributed by atoms with Crippen LogP contribution in [0.5, 0.6) is 0 Å². The minimum atomic E-state index is -1.13. The first-order valence-electron chi connectivity index (χ1n) is 11.1. The molecule has 1 aliphatic heterocycles. The summed E-state index contributed by atoms with van der Waals surface area (Å²) in [5, 5.41) is 15.8. The van der Waals surface area contributed by atoms with E-state index in [2.05, 4.69) is 10.1 Å².